The molecule has 0 radical (unpaired) electrons. The van der Waals surface area contributed by atoms with E-state index < -0.39 is 23.8 Å². The second-order valence-electron chi connectivity index (χ2n) is 8.75. The molecule has 0 aromatic rings. The van der Waals surface area contributed by atoms with Gasteiger partial charge in [0.05, 0.1) is 12.6 Å². The van der Waals surface area contributed by atoms with Crippen LogP contribution in [0, 0.1) is 23.2 Å². The van der Waals surface area contributed by atoms with E-state index in [1.54, 1.807) is 0 Å². The van der Waals surface area contributed by atoms with Gasteiger partial charge in [-0.2, -0.15) is 0 Å². The molecule has 3 amide bonds. The lowest BCUT2D eigenvalue weighted by molar-refractivity contribution is -0.142. The lowest BCUT2D eigenvalue weighted by Gasteiger charge is -2.31. The Labute approximate surface area is 165 Å². The number of carbonyl (C=O) groups excluding carboxylic acids is 4. The molecule has 1 aliphatic heterocycles. The van der Waals surface area contributed by atoms with Gasteiger partial charge < -0.3 is 21.3 Å². The number of carbonyl (C=O) groups is 4. The number of amides is 3. The number of fused-ring (bicyclic) bond motifs is 1. The maximum Gasteiger partial charge on any atom is 0.289 e. The summed E-state index contributed by atoms with van der Waals surface area (Å²) >= 11 is 0. The molecule has 0 spiro atoms. The van der Waals surface area contributed by atoms with Crippen LogP contribution in [0.2, 0.25) is 0 Å². The van der Waals surface area contributed by atoms with Crippen LogP contribution in [0.15, 0.2) is 12.7 Å². The van der Waals surface area contributed by atoms with Crippen LogP contribution in [-0.2, 0) is 19.2 Å². The molecule has 8 nitrogen and oxygen atoms in total. The lowest BCUT2D eigenvalue weighted by Crippen LogP contribution is -2.56. The molecular weight excluding hydrogens is 360 g/mol. The Hall–Kier alpha value is -2.22. The molecule has 2 saturated carbocycles. The first kappa shape index (κ1) is 20.5. The van der Waals surface area contributed by atoms with Crippen LogP contribution in [-0.4, -0.2) is 60.1 Å². The van der Waals surface area contributed by atoms with Crippen molar-refractivity contribution in [2.45, 2.75) is 45.2 Å². The highest BCUT2D eigenvalue weighted by molar-refractivity contribution is 6.38. The number of nitrogens with zero attached hydrogens (tertiary/aromatic N) is 1. The van der Waals surface area contributed by atoms with Gasteiger partial charge >= 0.3 is 0 Å². The summed E-state index contributed by atoms with van der Waals surface area (Å²) in [6.45, 7) is 8.22. The fraction of sp³-hybridized carbons (Fsp3) is 0.700. The molecule has 0 bridgehead atoms. The molecule has 0 aromatic heterocycles. The third-order valence-electron chi connectivity index (χ3n) is 6.50. The normalized spacial score (nSPS) is 28.1. The first-order chi connectivity index (χ1) is 13.2. The van der Waals surface area contributed by atoms with Crippen molar-refractivity contribution in [1.82, 2.24) is 15.5 Å². The van der Waals surface area contributed by atoms with E-state index in [-0.39, 0.29) is 42.2 Å². The summed E-state index contributed by atoms with van der Waals surface area (Å²) < 4.78 is 0. The summed E-state index contributed by atoms with van der Waals surface area (Å²) in [4.78, 5) is 51.6. The van der Waals surface area contributed by atoms with Gasteiger partial charge in [0.25, 0.3) is 5.91 Å². The van der Waals surface area contributed by atoms with Crippen LogP contribution in [0.5, 0.6) is 0 Å². The summed E-state index contributed by atoms with van der Waals surface area (Å²) in [7, 11) is 0. The fourth-order valence-electron chi connectivity index (χ4n) is 4.55. The zero-order chi connectivity index (χ0) is 20.6. The van der Waals surface area contributed by atoms with Crippen molar-refractivity contribution < 1.29 is 19.2 Å². The molecule has 3 fully saturated rings. The summed E-state index contributed by atoms with van der Waals surface area (Å²) in [5, 5.41) is 5.26. The van der Waals surface area contributed by atoms with E-state index in [1.807, 2.05) is 0 Å². The number of ketones is 1. The van der Waals surface area contributed by atoms with Crippen molar-refractivity contribution in [3.63, 3.8) is 0 Å². The van der Waals surface area contributed by atoms with Gasteiger partial charge in [0.1, 0.15) is 6.04 Å². The number of piperidine rings is 1. The van der Waals surface area contributed by atoms with Crippen LogP contribution >= 0.6 is 0 Å². The third-order valence-corrected chi connectivity index (χ3v) is 6.50. The molecule has 3 aliphatic rings. The molecule has 0 aromatic carbocycles. The van der Waals surface area contributed by atoms with Crippen LogP contribution in [0.3, 0.4) is 0 Å². The van der Waals surface area contributed by atoms with E-state index in [1.165, 1.54) is 11.0 Å². The average Bonchev–Trinajstić information content (AvgIpc) is 3.51. The van der Waals surface area contributed by atoms with Gasteiger partial charge in [-0.1, -0.05) is 32.8 Å². The SMILES string of the molecule is C=CCNC(=O)C(=O)C(CC1CC1)NC(=O)C1C2C(CN1C(=O)CN)C2(C)C. The van der Waals surface area contributed by atoms with E-state index in [2.05, 4.69) is 31.1 Å². The number of hydrogen-bond donors (Lipinski definition) is 3. The smallest absolute Gasteiger partial charge is 0.289 e. The average molecular weight is 390 g/mol. The van der Waals surface area contributed by atoms with Crippen LogP contribution in [0.25, 0.3) is 0 Å². The molecule has 1 saturated heterocycles. The second kappa shape index (κ2) is 7.66. The third kappa shape index (κ3) is 3.83. The van der Waals surface area contributed by atoms with Gasteiger partial charge in [0.15, 0.2) is 0 Å². The first-order valence-corrected chi connectivity index (χ1v) is 9.95. The first-order valence-electron chi connectivity index (χ1n) is 9.95. The molecular formula is C20H30N4O4. The van der Waals surface area contributed by atoms with E-state index in [0.29, 0.717) is 18.9 Å². The van der Waals surface area contributed by atoms with Gasteiger partial charge in [-0.3, -0.25) is 19.2 Å². The number of nitrogens with one attached hydrogen (secondary N) is 2. The van der Waals surface area contributed by atoms with Crippen LogP contribution < -0.4 is 16.4 Å². The van der Waals surface area contributed by atoms with E-state index >= 15 is 0 Å². The Balaban J connectivity index is 1.72. The fourth-order valence-corrected chi connectivity index (χ4v) is 4.55. The van der Waals surface area contributed by atoms with Crippen molar-refractivity contribution in [2.24, 2.45) is 28.9 Å². The summed E-state index contributed by atoms with van der Waals surface area (Å²) in [5.41, 5.74) is 5.49. The summed E-state index contributed by atoms with van der Waals surface area (Å²) in [6.07, 6.45) is 3.92. The predicted molar refractivity (Wildman–Crippen MR) is 103 cm³/mol. The van der Waals surface area contributed by atoms with Crippen molar-refractivity contribution in [3.05, 3.63) is 12.7 Å². The van der Waals surface area contributed by atoms with Crippen molar-refractivity contribution >= 4 is 23.5 Å². The minimum atomic E-state index is -0.874. The number of Topliss-reactive ketones (excluding diaryl/α,β-unsaturated/α-hetero) is 1. The highest BCUT2D eigenvalue weighted by Crippen LogP contribution is 2.64. The second-order valence-corrected chi connectivity index (χ2v) is 8.75. The highest BCUT2D eigenvalue weighted by atomic mass is 16.2. The lowest BCUT2D eigenvalue weighted by atomic mass is 9.99. The van der Waals surface area contributed by atoms with Crippen molar-refractivity contribution in [3.8, 4) is 0 Å². The molecule has 4 N–H and O–H groups in total. The number of rotatable bonds is 9. The molecule has 2 aliphatic carbocycles. The topological polar surface area (TPSA) is 122 Å². The van der Waals surface area contributed by atoms with Gasteiger partial charge in [-0.15, -0.1) is 6.58 Å². The predicted octanol–water partition coefficient (Wildman–Crippen LogP) is -0.416. The number of nitrogens with two attached hydrogens (primary N) is 1. The standard InChI is InChI=1S/C20H30N4O4/c1-4-7-22-19(28)17(26)13(8-11-5-6-11)23-18(27)16-15-12(20(15,2)3)10-24(16)14(25)9-21/h4,11-13,15-16H,1,5-10,21H2,2-3H3,(H,22,28)(H,23,27). The number of likely N-dealkylation sites (tertiary alicyclic amines) is 1. The van der Waals surface area contributed by atoms with Crippen molar-refractivity contribution in [1.29, 1.82) is 0 Å². The maximum absolute atomic E-state index is 13.1. The minimum absolute atomic E-state index is 0.0231. The number of hydrogen-bond acceptors (Lipinski definition) is 5. The van der Waals surface area contributed by atoms with E-state index in [0.717, 1.165) is 12.8 Å². The Bertz CT molecular complexity index is 700. The molecule has 3 rings (SSSR count). The van der Waals surface area contributed by atoms with E-state index in [4.69, 9.17) is 5.73 Å². The largest absolute Gasteiger partial charge is 0.346 e. The molecule has 4 atom stereocenters. The zero-order valence-corrected chi connectivity index (χ0v) is 16.6. The molecule has 8 heteroatoms. The van der Waals surface area contributed by atoms with E-state index in [9.17, 15) is 19.2 Å². The van der Waals surface area contributed by atoms with Gasteiger partial charge in [-0.25, -0.2) is 0 Å². The van der Waals surface area contributed by atoms with Gasteiger partial charge in [0, 0.05) is 13.1 Å². The molecule has 1 heterocycles. The van der Waals surface area contributed by atoms with Gasteiger partial charge in [-0.05, 0) is 29.6 Å². The Morgan fingerprint density at radius 1 is 1.29 bits per heavy atom. The molecule has 4 unspecified atom stereocenters. The van der Waals surface area contributed by atoms with Crippen LogP contribution in [0.1, 0.15) is 33.1 Å². The van der Waals surface area contributed by atoms with Crippen molar-refractivity contribution in [2.75, 3.05) is 19.6 Å². The van der Waals surface area contributed by atoms with Gasteiger partial charge in [0.2, 0.25) is 17.6 Å². The van der Waals surface area contributed by atoms with Crippen LogP contribution in [0.4, 0.5) is 0 Å². The Morgan fingerprint density at radius 2 is 1.96 bits per heavy atom. The maximum atomic E-state index is 13.1. The molecule has 28 heavy (non-hydrogen) atoms. The monoisotopic (exact) mass is 390 g/mol. The summed E-state index contributed by atoms with van der Waals surface area (Å²) in [6, 6.07) is -1.51. The summed E-state index contributed by atoms with van der Waals surface area (Å²) in [5.74, 6) is -1.36. The quantitative estimate of drug-likeness (QED) is 0.365. The molecule has 154 valence electrons. The zero-order valence-electron chi connectivity index (χ0n) is 16.6. The Kier molecular flexibility index (Phi) is 5.61. The highest BCUT2D eigenvalue weighted by Gasteiger charge is 2.69. The minimum Gasteiger partial charge on any atom is -0.346 e. The Morgan fingerprint density at radius 3 is 2.54 bits per heavy atom.